The summed E-state index contributed by atoms with van der Waals surface area (Å²) in [6, 6.07) is 14.1. The van der Waals surface area contributed by atoms with Crippen molar-refractivity contribution in [1.29, 1.82) is 5.41 Å². The summed E-state index contributed by atoms with van der Waals surface area (Å²) in [6.07, 6.45) is -0.545. The van der Waals surface area contributed by atoms with Gasteiger partial charge in [0.25, 0.3) is 5.69 Å². The zero-order valence-electron chi connectivity index (χ0n) is 11.3. The van der Waals surface area contributed by atoms with Crippen LogP contribution in [-0.4, -0.2) is 16.8 Å². The highest BCUT2D eigenvalue weighted by atomic mass is 16.8. The molecular weight excluding hydrogens is 288 g/mol. The predicted octanol–water partition coefficient (Wildman–Crippen LogP) is 2.25. The lowest BCUT2D eigenvalue weighted by molar-refractivity contribution is -0.384. The van der Waals surface area contributed by atoms with E-state index in [1.165, 1.54) is 24.3 Å². The first-order valence-corrected chi connectivity index (χ1v) is 6.13. The molecule has 0 spiro atoms. The second kappa shape index (κ2) is 6.84. The molecule has 0 aromatic heterocycles. The summed E-state index contributed by atoms with van der Waals surface area (Å²) in [6.45, 7) is 0. The molecule has 22 heavy (non-hydrogen) atoms. The lowest BCUT2D eigenvalue weighted by Crippen LogP contribution is -2.16. The van der Waals surface area contributed by atoms with E-state index in [1.807, 2.05) is 6.07 Å². The number of non-ortho nitro benzene ring substituents is 1. The lowest BCUT2D eigenvalue weighted by Gasteiger charge is -2.04. The molecule has 0 unspecified atom stereocenters. The molecule has 2 aromatic rings. The Kier molecular flexibility index (Phi) is 4.66. The van der Waals surface area contributed by atoms with Crippen molar-refractivity contribution in [2.24, 2.45) is 10.9 Å². The maximum atomic E-state index is 10.5. The highest BCUT2D eigenvalue weighted by Gasteiger charge is 2.07. The van der Waals surface area contributed by atoms with Crippen LogP contribution in [0.1, 0.15) is 5.56 Å². The number of hydrogen-bond acceptors (Lipinski definition) is 6. The van der Waals surface area contributed by atoms with Gasteiger partial charge in [0, 0.05) is 17.7 Å². The smallest absolute Gasteiger partial charge is 0.410 e. The van der Waals surface area contributed by atoms with Gasteiger partial charge in [0.05, 0.1) is 4.92 Å². The maximum Gasteiger partial charge on any atom is 0.413 e. The number of oxime groups is 1. The number of ether oxygens (including phenoxy) is 1. The summed E-state index contributed by atoms with van der Waals surface area (Å²) in [4.78, 5) is 14.8. The summed E-state index contributed by atoms with van der Waals surface area (Å²) in [5.74, 6) is 0.396. The van der Waals surface area contributed by atoms with E-state index >= 15 is 0 Å². The van der Waals surface area contributed by atoms with E-state index in [9.17, 15) is 10.1 Å². The Morgan fingerprint density at radius 2 is 1.77 bits per heavy atom. The van der Waals surface area contributed by atoms with E-state index in [0.717, 1.165) is 0 Å². The monoisotopic (exact) mass is 300 g/mol. The summed E-state index contributed by atoms with van der Waals surface area (Å²) in [7, 11) is 0. The number of nitro benzene ring substituents is 1. The Hall–Kier alpha value is -3.42. The van der Waals surface area contributed by atoms with Crippen LogP contribution in [0.5, 0.6) is 5.75 Å². The van der Waals surface area contributed by atoms with Crippen LogP contribution in [-0.2, 0) is 4.84 Å². The molecule has 0 amide bonds. The topological polar surface area (TPSA) is 124 Å². The van der Waals surface area contributed by atoms with Crippen LogP contribution in [0.25, 0.3) is 0 Å². The second-order valence-corrected chi connectivity index (χ2v) is 4.07. The number of para-hydroxylation sites is 1. The maximum absolute atomic E-state index is 10.5. The Labute approximate surface area is 125 Å². The fraction of sp³-hybridized carbons (Fsp3) is 0. The summed E-state index contributed by atoms with van der Waals surface area (Å²) in [5.41, 5.74) is 6.04. The number of nitro groups is 1. The molecule has 2 aromatic carbocycles. The minimum Gasteiger partial charge on any atom is -0.410 e. The summed E-state index contributed by atoms with van der Waals surface area (Å²) >= 11 is 0. The molecule has 3 N–H and O–H groups in total. The number of rotatable bonds is 4. The van der Waals surface area contributed by atoms with Gasteiger partial charge in [0.1, 0.15) is 5.75 Å². The number of nitrogens with zero attached hydrogens (tertiary/aromatic N) is 2. The number of hydrogen-bond donors (Lipinski definition) is 2. The predicted molar refractivity (Wildman–Crippen MR) is 79.7 cm³/mol. The van der Waals surface area contributed by atoms with Crippen molar-refractivity contribution in [3.63, 3.8) is 0 Å². The van der Waals surface area contributed by atoms with Gasteiger partial charge in [-0.3, -0.25) is 15.0 Å². The van der Waals surface area contributed by atoms with Crippen LogP contribution in [0, 0.1) is 15.5 Å². The normalized spacial score (nSPS) is 10.8. The van der Waals surface area contributed by atoms with Crippen molar-refractivity contribution in [3.05, 3.63) is 70.3 Å². The minimum atomic E-state index is -0.545. The molecule has 0 aliphatic heterocycles. The van der Waals surface area contributed by atoms with Gasteiger partial charge in [0.15, 0.2) is 5.84 Å². The Morgan fingerprint density at radius 1 is 1.14 bits per heavy atom. The molecule has 112 valence electrons. The standard InChI is InChI=1S/C14H12N4O4/c15-13(10-6-8-11(9-7-10)18(19)20)17-22-14(16)21-12-4-2-1-3-5-12/h1-9,16H,(H2,15,17). The zero-order valence-corrected chi connectivity index (χ0v) is 11.3. The van der Waals surface area contributed by atoms with Crippen molar-refractivity contribution in [3.8, 4) is 5.75 Å². The number of nitrogens with two attached hydrogens (primary N) is 1. The third-order valence-electron chi connectivity index (χ3n) is 2.55. The van der Waals surface area contributed by atoms with Gasteiger partial charge in [0.2, 0.25) is 0 Å². The van der Waals surface area contributed by atoms with Crippen molar-refractivity contribution >= 4 is 17.6 Å². The SMILES string of the molecule is N=C(O/N=C(\N)c1ccc([N+](=O)[O-])cc1)Oc1ccccc1. The molecule has 0 bridgehead atoms. The average molecular weight is 300 g/mol. The van der Waals surface area contributed by atoms with Gasteiger partial charge in [-0.05, 0) is 24.3 Å². The fourth-order valence-electron chi connectivity index (χ4n) is 1.51. The fourth-order valence-corrected chi connectivity index (χ4v) is 1.51. The van der Waals surface area contributed by atoms with Gasteiger partial charge in [-0.15, -0.1) is 0 Å². The molecule has 0 aliphatic carbocycles. The minimum absolute atomic E-state index is 0.0312. The third-order valence-corrected chi connectivity index (χ3v) is 2.55. The Morgan fingerprint density at radius 3 is 2.36 bits per heavy atom. The van der Waals surface area contributed by atoms with Gasteiger partial charge in [-0.25, -0.2) is 5.41 Å². The lowest BCUT2D eigenvalue weighted by atomic mass is 10.2. The highest BCUT2D eigenvalue weighted by Crippen LogP contribution is 2.12. The van der Waals surface area contributed by atoms with Crippen molar-refractivity contribution in [1.82, 2.24) is 0 Å². The van der Waals surface area contributed by atoms with Crippen LogP contribution >= 0.6 is 0 Å². The van der Waals surface area contributed by atoms with E-state index < -0.39 is 11.0 Å². The van der Waals surface area contributed by atoms with Crippen molar-refractivity contribution in [2.75, 3.05) is 0 Å². The molecule has 0 radical (unpaired) electrons. The van der Waals surface area contributed by atoms with Gasteiger partial charge in [-0.2, -0.15) is 0 Å². The molecule has 0 fully saturated rings. The van der Waals surface area contributed by atoms with Gasteiger partial charge < -0.3 is 10.5 Å². The molecule has 0 saturated carbocycles. The molecule has 8 nitrogen and oxygen atoms in total. The molecule has 0 atom stereocenters. The zero-order chi connectivity index (χ0) is 15.9. The highest BCUT2D eigenvalue weighted by molar-refractivity contribution is 5.97. The van der Waals surface area contributed by atoms with Crippen molar-refractivity contribution in [2.45, 2.75) is 0 Å². The number of nitrogens with one attached hydrogen (secondary N) is 1. The van der Waals surface area contributed by atoms with Crippen LogP contribution in [0.3, 0.4) is 0 Å². The van der Waals surface area contributed by atoms with Crippen LogP contribution in [0.4, 0.5) is 5.69 Å². The first kappa shape index (κ1) is 15.0. The van der Waals surface area contributed by atoms with Crippen molar-refractivity contribution < 1.29 is 14.5 Å². The van der Waals surface area contributed by atoms with Crippen LogP contribution < -0.4 is 10.5 Å². The van der Waals surface area contributed by atoms with E-state index in [0.29, 0.717) is 11.3 Å². The van der Waals surface area contributed by atoms with Crippen LogP contribution in [0.15, 0.2) is 59.8 Å². The van der Waals surface area contributed by atoms with E-state index in [1.54, 1.807) is 24.3 Å². The number of benzene rings is 2. The molecular formula is C14H12N4O4. The molecule has 8 heteroatoms. The van der Waals surface area contributed by atoms with E-state index in [-0.39, 0.29) is 11.5 Å². The second-order valence-electron chi connectivity index (χ2n) is 4.07. The number of amidine groups is 1. The first-order chi connectivity index (χ1) is 10.6. The Balaban J connectivity index is 1.97. The Bertz CT molecular complexity index is 699. The summed E-state index contributed by atoms with van der Waals surface area (Å²) in [5, 5.41) is 21.6. The summed E-state index contributed by atoms with van der Waals surface area (Å²) < 4.78 is 5.06. The molecule has 0 saturated heterocycles. The van der Waals surface area contributed by atoms with Gasteiger partial charge >= 0.3 is 6.08 Å². The largest absolute Gasteiger partial charge is 0.413 e. The quantitative estimate of drug-likeness (QED) is 0.388. The van der Waals surface area contributed by atoms with E-state index in [4.69, 9.17) is 20.7 Å². The van der Waals surface area contributed by atoms with E-state index in [2.05, 4.69) is 5.16 Å². The van der Waals surface area contributed by atoms with Crippen LogP contribution in [0.2, 0.25) is 0 Å². The third kappa shape index (κ3) is 4.04. The molecule has 2 rings (SSSR count). The molecule has 0 aliphatic rings. The average Bonchev–Trinajstić information content (AvgIpc) is 2.53. The first-order valence-electron chi connectivity index (χ1n) is 6.13. The van der Waals surface area contributed by atoms with Gasteiger partial charge in [-0.1, -0.05) is 23.4 Å². The molecule has 0 heterocycles.